The molecule has 0 aliphatic heterocycles. The van der Waals surface area contributed by atoms with Crippen LogP contribution in [-0.4, -0.2) is 21.0 Å². The van der Waals surface area contributed by atoms with Crippen LogP contribution in [0.5, 0.6) is 0 Å². The largest absolute Gasteiger partial charge is 0.326 e. The van der Waals surface area contributed by atoms with Crippen molar-refractivity contribution in [2.24, 2.45) is 11.7 Å². The third kappa shape index (κ3) is 3.85. The van der Waals surface area contributed by atoms with Gasteiger partial charge in [0, 0.05) is 24.7 Å². The van der Waals surface area contributed by atoms with Crippen LogP contribution in [0.2, 0.25) is 0 Å². The molecule has 20 heavy (non-hydrogen) atoms. The molecule has 3 N–H and O–H groups in total. The van der Waals surface area contributed by atoms with Crippen LogP contribution in [0, 0.1) is 23.4 Å². The molecule has 0 radical (unpaired) electrons. The van der Waals surface area contributed by atoms with E-state index in [1.54, 1.807) is 0 Å². The van der Waals surface area contributed by atoms with E-state index in [1.165, 1.54) is 0 Å². The first-order valence-corrected chi connectivity index (χ1v) is 7.19. The molecule has 0 saturated heterocycles. The molecule has 1 aliphatic rings. The van der Waals surface area contributed by atoms with Gasteiger partial charge in [-0.15, -0.1) is 12.4 Å². The third-order valence-electron chi connectivity index (χ3n) is 2.97. The number of hydrogen-bond acceptors (Lipinski definition) is 3. The third-order valence-corrected chi connectivity index (χ3v) is 4.44. The molecule has 1 aromatic rings. The van der Waals surface area contributed by atoms with Gasteiger partial charge in [0.2, 0.25) is 10.0 Å². The fourth-order valence-electron chi connectivity index (χ4n) is 1.75. The second-order valence-electron chi connectivity index (χ2n) is 4.55. The minimum atomic E-state index is -4.39. The molecule has 1 atom stereocenters. The Hall–Kier alpha value is -0.830. The van der Waals surface area contributed by atoms with E-state index in [0.717, 1.165) is 12.8 Å². The highest BCUT2D eigenvalue weighted by atomic mass is 35.5. The summed E-state index contributed by atoms with van der Waals surface area (Å²) in [4.78, 5) is -1.18. The predicted octanol–water partition coefficient (Wildman–Crippen LogP) is 1.54. The Morgan fingerprint density at radius 2 is 1.75 bits per heavy atom. The molecule has 9 heteroatoms. The number of hydrogen-bond donors (Lipinski definition) is 2. The molecule has 114 valence electrons. The second-order valence-corrected chi connectivity index (χ2v) is 6.26. The molecule has 1 aliphatic carbocycles. The Labute approximate surface area is 121 Å². The van der Waals surface area contributed by atoms with Gasteiger partial charge in [0.15, 0.2) is 4.90 Å². The first kappa shape index (κ1) is 17.2. The molecular formula is C11H14ClF3N2O2S. The normalized spacial score (nSPS) is 16.6. The van der Waals surface area contributed by atoms with E-state index in [2.05, 4.69) is 0 Å². The first-order chi connectivity index (χ1) is 8.81. The van der Waals surface area contributed by atoms with E-state index in [-0.39, 0.29) is 30.9 Å². The molecule has 4 nitrogen and oxygen atoms in total. The van der Waals surface area contributed by atoms with Gasteiger partial charge in [0.25, 0.3) is 0 Å². The standard InChI is InChI=1S/C11H13F3N2O2S.ClH/c12-7-3-8(13)11(9(14)4-7)19(17,18)16-5-10(15)6-1-2-6;/h3-4,6,10,16H,1-2,5,15H2;1H. The number of rotatable bonds is 5. The van der Waals surface area contributed by atoms with E-state index in [9.17, 15) is 21.6 Å². The summed E-state index contributed by atoms with van der Waals surface area (Å²) < 4.78 is 65.0. The van der Waals surface area contributed by atoms with Crippen LogP contribution >= 0.6 is 12.4 Å². The molecule has 1 saturated carbocycles. The topological polar surface area (TPSA) is 72.2 Å². The summed E-state index contributed by atoms with van der Waals surface area (Å²) >= 11 is 0. The van der Waals surface area contributed by atoms with Crippen molar-refractivity contribution in [1.29, 1.82) is 0 Å². The lowest BCUT2D eigenvalue weighted by Gasteiger charge is -2.13. The van der Waals surface area contributed by atoms with E-state index in [0.29, 0.717) is 12.1 Å². The van der Waals surface area contributed by atoms with Crippen molar-refractivity contribution < 1.29 is 21.6 Å². The van der Waals surface area contributed by atoms with Crippen molar-refractivity contribution in [3.05, 3.63) is 29.6 Å². The molecule has 2 rings (SSSR count). The van der Waals surface area contributed by atoms with Gasteiger partial charge in [-0.25, -0.2) is 26.3 Å². The molecule has 1 fully saturated rings. The van der Waals surface area contributed by atoms with Crippen LogP contribution in [0.15, 0.2) is 17.0 Å². The van der Waals surface area contributed by atoms with E-state index in [1.807, 2.05) is 4.72 Å². The molecule has 0 heterocycles. The van der Waals surface area contributed by atoms with Gasteiger partial charge in [-0.05, 0) is 18.8 Å². The fourth-order valence-corrected chi connectivity index (χ4v) is 2.94. The molecule has 0 amide bonds. The summed E-state index contributed by atoms with van der Waals surface area (Å²) in [6.07, 6.45) is 1.84. The van der Waals surface area contributed by atoms with Gasteiger partial charge >= 0.3 is 0 Å². The van der Waals surface area contributed by atoms with Crippen LogP contribution in [0.3, 0.4) is 0 Å². The maximum absolute atomic E-state index is 13.4. The summed E-state index contributed by atoms with van der Waals surface area (Å²) in [5.74, 6) is -3.87. The minimum absolute atomic E-state index is 0. The summed E-state index contributed by atoms with van der Waals surface area (Å²) in [7, 11) is -4.39. The van der Waals surface area contributed by atoms with Gasteiger partial charge in [-0.2, -0.15) is 0 Å². The number of nitrogens with one attached hydrogen (secondary N) is 1. The van der Waals surface area contributed by atoms with Crippen LogP contribution in [0.4, 0.5) is 13.2 Å². The number of halogens is 4. The average molecular weight is 331 g/mol. The molecule has 1 unspecified atom stereocenters. The quantitative estimate of drug-likeness (QED) is 0.860. The smallest absolute Gasteiger partial charge is 0.246 e. The van der Waals surface area contributed by atoms with Crippen molar-refractivity contribution in [2.75, 3.05) is 6.54 Å². The van der Waals surface area contributed by atoms with Crippen molar-refractivity contribution in [1.82, 2.24) is 4.72 Å². The lowest BCUT2D eigenvalue weighted by atomic mass is 10.2. The Morgan fingerprint density at radius 1 is 1.25 bits per heavy atom. The van der Waals surface area contributed by atoms with Gasteiger partial charge in [0.05, 0.1) is 0 Å². The van der Waals surface area contributed by atoms with E-state index < -0.39 is 32.4 Å². The van der Waals surface area contributed by atoms with Crippen LogP contribution < -0.4 is 10.5 Å². The Kier molecular flexibility index (Phi) is 5.42. The van der Waals surface area contributed by atoms with E-state index >= 15 is 0 Å². The van der Waals surface area contributed by atoms with Crippen LogP contribution in [0.25, 0.3) is 0 Å². The predicted molar refractivity (Wildman–Crippen MR) is 69.5 cm³/mol. The van der Waals surface area contributed by atoms with Gasteiger partial charge < -0.3 is 5.73 Å². The Morgan fingerprint density at radius 3 is 2.20 bits per heavy atom. The zero-order valence-electron chi connectivity index (χ0n) is 10.3. The lowest BCUT2D eigenvalue weighted by molar-refractivity contribution is 0.490. The summed E-state index contributed by atoms with van der Waals surface area (Å²) in [5.41, 5.74) is 5.69. The van der Waals surface area contributed by atoms with Crippen molar-refractivity contribution >= 4 is 22.4 Å². The zero-order chi connectivity index (χ0) is 14.2. The van der Waals surface area contributed by atoms with Crippen molar-refractivity contribution in [2.45, 2.75) is 23.8 Å². The molecule has 0 bridgehead atoms. The zero-order valence-corrected chi connectivity index (χ0v) is 11.9. The fraction of sp³-hybridized carbons (Fsp3) is 0.455. The van der Waals surface area contributed by atoms with Gasteiger partial charge in [0.1, 0.15) is 17.5 Å². The number of nitrogens with two attached hydrogens (primary N) is 1. The highest BCUT2D eigenvalue weighted by Gasteiger charge is 2.31. The summed E-state index contributed by atoms with van der Waals surface area (Å²) in [5, 5.41) is 0. The molecule has 1 aromatic carbocycles. The van der Waals surface area contributed by atoms with Crippen molar-refractivity contribution in [3.8, 4) is 0 Å². The summed E-state index contributed by atoms with van der Waals surface area (Å²) in [6, 6.07) is 0.248. The molecular weight excluding hydrogens is 317 g/mol. The van der Waals surface area contributed by atoms with Crippen molar-refractivity contribution in [3.63, 3.8) is 0 Å². The molecule has 0 aromatic heterocycles. The maximum atomic E-state index is 13.4. The second kappa shape index (κ2) is 6.30. The highest BCUT2D eigenvalue weighted by Crippen LogP contribution is 2.31. The van der Waals surface area contributed by atoms with Crippen LogP contribution in [0.1, 0.15) is 12.8 Å². The first-order valence-electron chi connectivity index (χ1n) is 5.71. The maximum Gasteiger partial charge on any atom is 0.246 e. The minimum Gasteiger partial charge on any atom is -0.326 e. The average Bonchev–Trinajstić information content (AvgIpc) is 3.07. The van der Waals surface area contributed by atoms with Gasteiger partial charge in [-0.3, -0.25) is 0 Å². The summed E-state index contributed by atoms with van der Waals surface area (Å²) in [6.45, 7) is -0.108. The lowest BCUT2D eigenvalue weighted by Crippen LogP contribution is -2.39. The monoisotopic (exact) mass is 330 g/mol. The number of sulfonamides is 1. The van der Waals surface area contributed by atoms with Gasteiger partial charge in [-0.1, -0.05) is 0 Å². The van der Waals surface area contributed by atoms with Crippen LogP contribution in [-0.2, 0) is 10.0 Å². The highest BCUT2D eigenvalue weighted by molar-refractivity contribution is 7.89. The Bertz CT molecular complexity index is 570. The van der Waals surface area contributed by atoms with E-state index in [4.69, 9.17) is 5.73 Å². The molecule has 0 spiro atoms. The Balaban J connectivity index is 0.00000200. The SMILES string of the molecule is Cl.NC(CNS(=O)(=O)c1c(F)cc(F)cc1F)C1CC1. The number of benzene rings is 1.